The molecule has 0 atom stereocenters. The number of benzene rings is 1. The van der Waals surface area contributed by atoms with Crippen molar-refractivity contribution in [2.24, 2.45) is 0 Å². The van der Waals surface area contributed by atoms with E-state index in [4.69, 9.17) is 10.5 Å². The Balaban J connectivity index is 1.91. The van der Waals surface area contributed by atoms with Gasteiger partial charge >= 0.3 is 0 Å². The maximum Gasteiger partial charge on any atom is 0.255 e. The van der Waals surface area contributed by atoms with Gasteiger partial charge in [0.25, 0.3) is 5.91 Å². The molecule has 0 bridgehead atoms. The third kappa shape index (κ3) is 4.36. The normalized spacial score (nSPS) is 15.1. The highest BCUT2D eigenvalue weighted by atomic mass is 16.5. The van der Waals surface area contributed by atoms with Crippen LogP contribution in [0.5, 0.6) is 0 Å². The first-order chi connectivity index (χ1) is 10.1. The minimum absolute atomic E-state index is 0.0331. The molecule has 0 heterocycles. The Labute approximate surface area is 126 Å². The van der Waals surface area contributed by atoms with E-state index in [-0.39, 0.29) is 5.91 Å². The minimum Gasteiger partial charge on any atom is -0.399 e. The van der Waals surface area contributed by atoms with Crippen molar-refractivity contribution in [3.63, 3.8) is 0 Å². The fourth-order valence-electron chi connectivity index (χ4n) is 2.60. The molecule has 0 aromatic heterocycles. The van der Waals surface area contributed by atoms with Crippen LogP contribution < -0.4 is 11.1 Å². The lowest BCUT2D eigenvalue weighted by Gasteiger charge is -2.17. The van der Waals surface area contributed by atoms with Crippen LogP contribution in [0, 0.1) is 0 Å². The molecule has 0 unspecified atom stereocenters. The zero-order valence-electron chi connectivity index (χ0n) is 12.9. The molecule has 1 saturated carbocycles. The number of nitrogen functional groups attached to an aromatic ring is 1. The molecule has 1 amide bonds. The van der Waals surface area contributed by atoms with Crippen LogP contribution in [0.2, 0.25) is 0 Å². The highest BCUT2D eigenvalue weighted by molar-refractivity contribution is 5.99. The second-order valence-corrected chi connectivity index (χ2v) is 5.71. The zero-order chi connectivity index (χ0) is 15.2. The molecular weight excluding hydrogens is 266 g/mol. The summed E-state index contributed by atoms with van der Waals surface area (Å²) in [7, 11) is 3.48. The van der Waals surface area contributed by atoms with Crippen molar-refractivity contribution in [2.75, 3.05) is 38.3 Å². The molecule has 1 fully saturated rings. The number of rotatable bonds is 6. The summed E-state index contributed by atoms with van der Waals surface area (Å²) in [5.41, 5.74) is 7.86. The van der Waals surface area contributed by atoms with Crippen LogP contribution in [-0.2, 0) is 4.74 Å². The number of nitrogens with two attached hydrogens (primary N) is 1. The molecular formula is C16H25N3O2. The van der Waals surface area contributed by atoms with Gasteiger partial charge in [0.05, 0.1) is 18.3 Å². The predicted molar refractivity (Wildman–Crippen MR) is 85.6 cm³/mol. The van der Waals surface area contributed by atoms with Gasteiger partial charge < -0.3 is 20.7 Å². The second-order valence-electron chi connectivity index (χ2n) is 5.71. The van der Waals surface area contributed by atoms with Gasteiger partial charge in [-0.25, -0.2) is 0 Å². The summed E-state index contributed by atoms with van der Waals surface area (Å²) in [6.45, 7) is 1.32. The molecule has 1 aliphatic carbocycles. The Hall–Kier alpha value is -1.75. The number of hydrogen-bond acceptors (Lipinski definition) is 4. The van der Waals surface area contributed by atoms with E-state index in [0.717, 1.165) is 5.69 Å². The number of nitrogens with zero attached hydrogens (tertiary/aromatic N) is 1. The second kappa shape index (κ2) is 7.31. The van der Waals surface area contributed by atoms with Crippen molar-refractivity contribution < 1.29 is 9.53 Å². The number of amides is 1. The van der Waals surface area contributed by atoms with Crippen molar-refractivity contribution in [1.29, 1.82) is 0 Å². The zero-order valence-corrected chi connectivity index (χ0v) is 12.9. The van der Waals surface area contributed by atoms with Gasteiger partial charge in [-0.3, -0.25) is 4.79 Å². The van der Waals surface area contributed by atoms with Gasteiger partial charge in [0.15, 0.2) is 0 Å². The molecule has 21 heavy (non-hydrogen) atoms. The smallest absolute Gasteiger partial charge is 0.255 e. The van der Waals surface area contributed by atoms with E-state index in [0.29, 0.717) is 30.5 Å². The van der Waals surface area contributed by atoms with Gasteiger partial charge in [0.1, 0.15) is 0 Å². The summed E-state index contributed by atoms with van der Waals surface area (Å²) in [6.07, 6.45) is 5.30. The van der Waals surface area contributed by atoms with Gasteiger partial charge in [0.2, 0.25) is 0 Å². The summed E-state index contributed by atoms with van der Waals surface area (Å²) >= 11 is 0. The molecule has 0 aliphatic heterocycles. The first-order valence-corrected chi connectivity index (χ1v) is 7.54. The molecule has 116 valence electrons. The van der Waals surface area contributed by atoms with E-state index in [9.17, 15) is 4.79 Å². The number of hydrogen-bond donors (Lipinski definition) is 2. The Kier molecular flexibility index (Phi) is 5.44. The monoisotopic (exact) mass is 291 g/mol. The first-order valence-electron chi connectivity index (χ1n) is 7.54. The molecule has 5 heteroatoms. The highest BCUT2D eigenvalue weighted by Gasteiger charge is 2.16. The van der Waals surface area contributed by atoms with Crippen LogP contribution in [-0.4, -0.2) is 44.2 Å². The summed E-state index contributed by atoms with van der Waals surface area (Å²) in [6, 6.07) is 5.31. The molecule has 3 N–H and O–H groups in total. The Morgan fingerprint density at radius 2 is 2.10 bits per heavy atom. The number of carbonyl (C=O) groups excluding carboxylic acids is 1. The van der Waals surface area contributed by atoms with Crippen LogP contribution in [0.25, 0.3) is 0 Å². The standard InChI is InChI=1S/C16H25N3O2/c1-19(2)16(20)14-8-7-12(17)11-15(14)18-9-10-21-13-5-3-4-6-13/h7-8,11,13,18H,3-6,9-10,17H2,1-2H3. The summed E-state index contributed by atoms with van der Waals surface area (Å²) < 4.78 is 5.81. The number of ether oxygens (including phenoxy) is 1. The van der Waals surface area contributed by atoms with Crippen molar-refractivity contribution in [1.82, 2.24) is 4.90 Å². The van der Waals surface area contributed by atoms with Crippen LogP contribution in [0.1, 0.15) is 36.0 Å². The van der Waals surface area contributed by atoms with Gasteiger partial charge in [-0.05, 0) is 31.0 Å². The lowest BCUT2D eigenvalue weighted by atomic mass is 10.1. The predicted octanol–water partition coefficient (Wildman–Crippen LogP) is 2.34. The van der Waals surface area contributed by atoms with E-state index in [1.165, 1.54) is 25.7 Å². The Morgan fingerprint density at radius 1 is 1.38 bits per heavy atom. The van der Waals surface area contributed by atoms with E-state index >= 15 is 0 Å². The highest BCUT2D eigenvalue weighted by Crippen LogP contribution is 2.22. The fraction of sp³-hybridized carbons (Fsp3) is 0.562. The van der Waals surface area contributed by atoms with Crippen molar-refractivity contribution in [3.8, 4) is 0 Å². The molecule has 1 aliphatic rings. The SMILES string of the molecule is CN(C)C(=O)c1ccc(N)cc1NCCOC1CCCC1. The number of anilines is 2. The summed E-state index contributed by atoms with van der Waals surface area (Å²) in [4.78, 5) is 13.7. The molecule has 0 radical (unpaired) electrons. The Morgan fingerprint density at radius 3 is 2.76 bits per heavy atom. The topological polar surface area (TPSA) is 67.6 Å². The van der Waals surface area contributed by atoms with E-state index in [1.807, 2.05) is 0 Å². The van der Waals surface area contributed by atoms with E-state index in [1.54, 1.807) is 37.2 Å². The number of nitrogens with one attached hydrogen (secondary N) is 1. The van der Waals surface area contributed by atoms with Crippen LogP contribution in [0.3, 0.4) is 0 Å². The molecule has 1 aromatic rings. The van der Waals surface area contributed by atoms with Gasteiger partial charge in [-0.15, -0.1) is 0 Å². The summed E-state index contributed by atoms with van der Waals surface area (Å²) in [5.74, 6) is -0.0331. The fourth-order valence-corrected chi connectivity index (χ4v) is 2.60. The minimum atomic E-state index is -0.0331. The molecule has 0 saturated heterocycles. The number of carbonyl (C=O) groups is 1. The molecule has 2 rings (SSSR count). The lowest BCUT2D eigenvalue weighted by Crippen LogP contribution is -2.24. The van der Waals surface area contributed by atoms with E-state index < -0.39 is 0 Å². The van der Waals surface area contributed by atoms with Crippen LogP contribution in [0.15, 0.2) is 18.2 Å². The third-order valence-electron chi connectivity index (χ3n) is 3.75. The molecule has 0 spiro atoms. The van der Waals surface area contributed by atoms with E-state index in [2.05, 4.69) is 5.32 Å². The van der Waals surface area contributed by atoms with Crippen LogP contribution in [0.4, 0.5) is 11.4 Å². The van der Waals surface area contributed by atoms with Crippen LogP contribution >= 0.6 is 0 Å². The van der Waals surface area contributed by atoms with Crippen molar-refractivity contribution in [3.05, 3.63) is 23.8 Å². The first kappa shape index (κ1) is 15.6. The Bertz CT molecular complexity index is 482. The van der Waals surface area contributed by atoms with Crippen molar-refractivity contribution in [2.45, 2.75) is 31.8 Å². The van der Waals surface area contributed by atoms with Gasteiger partial charge in [0, 0.05) is 32.0 Å². The maximum atomic E-state index is 12.1. The average Bonchev–Trinajstić information content (AvgIpc) is 2.96. The molecule has 5 nitrogen and oxygen atoms in total. The molecule has 1 aromatic carbocycles. The summed E-state index contributed by atoms with van der Waals surface area (Å²) in [5, 5.41) is 3.26. The van der Waals surface area contributed by atoms with Gasteiger partial charge in [-0.1, -0.05) is 12.8 Å². The lowest BCUT2D eigenvalue weighted by molar-refractivity contribution is 0.0658. The third-order valence-corrected chi connectivity index (χ3v) is 3.75. The van der Waals surface area contributed by atoms with Gasteiger partial charge in [-0.2, -0.15) is 0 Å². The largest absolute Gasteiger partial charge is 0.399 e. The quantitative estimate of drug-likeness (QED) is 0.623. The van der Waals surface area contributed by atoms with Crippen molar-refractivity contribution >= 4 is 17.3 Å². The maximum absolute atomic E-state index is 12.1. The average molecular weight is 291 g/mol.